The summed E-state index contributed by atoms with van der Waals surface area (Å²) in [7, 11) is 0. The quantitative estimate of drug-likeness (QED) is 0.585. The number of amides is 3. The summed E-state index contributed by atoms with van der Waals surface area (Å²) in [5.74, 6) is -1.23. The average Bonchev–Trinajstić information content (AvgIpc) is 3.11. The van der Waals surface area contributed by atoms with Gasteiger partial charge in [0.1, 0.15) is 5.82 Å². The molecule has 172 valence electrons. The van der Waals surface area contributed by atoms with E-state index in [0.29, 0.717) is 49.1 Å². The summed E-state index contributed by atoms with van der Waals surface area (Å²) in [6, 6.07) is 0.976. The highest BCUT2D eigenvalue weighted by Gasteiger charge is 2.54. The first kappa shape index (κ1) is 21.2. The third kappa shape index (κ3) is 3.96. The van der Waals surface area contributed by atoms with Crippen LogP contribution in [0.1, 0.15) is 28.8 Å². The van der Waals surface area contributed by atoms with Gasteiger partial charge in [0, 0.05) is 42.6 Å². The van der Waals surface area contributed by atoms with Gasteiger partial charge in [0.25, 0.3) is 5.91 Å². The van der Waals surface area contributed by atoms with Crippen LogP contribution in [0.5, 0.6) is 0 Å². The second-order valence-electron chi connectivity index (χ2n) is 8.56. The minimum atomic E-state index is -4.72. The predicted molar refractivity (Wildman–Crippen MR) is 108 cm³/mol. The van der Waals surface area contributed by atoms with Crippen LogP contribution in [-0.4, -0.2) is 50.6 Å². The molecule has 2 N–H and O–H groups in total. The lowest BCUT2D eigenvalue weighted by Gasteiger charge is -2.58. The summed E-state index contributed by atoms with van der Waals surface area (Å²) in [5, 5.41) is 9.08. The first-order chi connectivity index (χ1) is 15.6. The van der Waals surface area contributed by atoms with Gasteiger partial charge in [-0.25, -0.2) is 13.7 Å². The van der Waals surface area contributed by atoms with Gasteiger partial charge in [0.05, 0.1) is 29.0 Å². The molecular weight excluding hydrogens is 444 g/mol. The second kappa shape index (κ2) is 7.42. The molecule has 12 heteroatoms. The Balaban J connectivity index is 1.13. The van der Waals surface area contributed by atoms with Crippen molar-refractivity contribution in [3.63, 3.8) is 0 Å². The molecule has 1 aliphatic heterocycles. The van der Waals surface area contributed by atoms with E-state index in [2.05, 4.69) is 20.7 Å². The van der Waals surface area contributed by atoms with E-state index in [1.807, 2.05) is 0 Å². The van der Waals surface area contributed by atoms with E-state index in [4.69, 9.17) is 0 Å². The molecule has 0 bridgehead atoms. The van der Waals surface area contributed by atoms with E-state index >= 15 is 0 Å². The summed E-state index contributed by atoms with van der Waals surface area (Å²) in [6.07, 6.45) is 2.88. The molecule has 1 aliphatic carbocycles. The Bertz CT molecular complexity index is 1240. The topological polar surface area (TPSA) is 91.6 Å². The fourth-order valence-electron chi connectivity index (χ4n) is 4.60. The first-order valence-corrected chi connectivity index (χ1v) is 10.1. The SMILES string of the molecule is O=C(Nc1cc(F)cc(C(F)(F)F)c1)NC1CC2(C1)CN(C(=O)c1cnn3ccncc13)C2. The lowest BCUT2D eigenvalue weighted by Crippen LogP contribution is -2.67. The smallest absolute Gasteiger partial charge is 0.337 e. The minimum Gasteiger partial charge on any atom is -0.337 e. The highest BCUT2D eigenvalue weighted by molar-refractivity contribution is 6.01. The Labute approximate surface area is 184 Å². The van der Waals surface area contributed by atoms with Crippen molar-refractivity contribution in [2.45, 2.75) is 25.1 Å². The van der Waals surface area contributed by atoms with Crippen molar-refractivity contribution in [2.24, 2.45) is 5.41 Å². The highest BCUT2D eigenvalue weighted by Crippen LogP contribution is 2.48. The molecular formula is C21H18F4N6O2. The Hall–Kier alpha value is -3.70. The first-order valence-electron chi connectivity index (χ1n) is 10.1. The minimum absolute atomic E-state index is 0.0862. The molecule has 2 aromatic heterocycles. The Kier molecular flexibility index (Phi) is 4.76. The maximum absolute atomic E-state index is 13.5. The van der Waals surface area contributed by atoms with E-state index in [-0.39, 0.29) is 23.1 Å². The van der Waals surface area contributed by atoms with Crippen molar-refractivity contribution in [3.05, 3.63) is 59.9 Å². The van der Waals surface area contributed by atoms with Crippen molar-refractivity contribution in [2.75, 3.05) is 18.4 Å². The number of hydrogen-bond acceptors (Lipinski definition) is 4. The number of nitrogens with one attached hydrogen (secondary N) is 2. The summed E-state index contributed by atoms with van der Waals surface area (Å²) in [6.45, 7) is 1.09. The Morgan fingerprint density at radius 1 is 1.12 bits per heavy atom. The van der Waals surface area contributed by atoms with Crippen LogP contribution in [0.4, 0.5) is 28.0 Å². The number of likely N-dealkylation sites (tertiary alicyclic amines) is 1. The Morgan fingerprint density at radius 3 is 2.61 bits per heavy atom. The highest BCUT2D eigenvalue weighted by atomic mass is 19.4. The number of anilines is 1. The number of halogens is 4. The number of carbonyl (C=O) groups is 2. The number of nitrogens with zero attached hydrogens (tertiary/aromatic N) is 4. The second-order valence-corrected chi connectivity index (χ2v) is 8.56. The molecule has 8 nitrogen and oxygen atoms in total. The number of hydrogen-bond donors (Lipinski definition) is 2. The average molecular weight is 462 g/mol. The third-order valence-electron chi connectivity index (χ3n) is 6.07. The number of fused-ring (bicyclic) bond motifs is 1. The summed E-state index contributed by atoms with van der Waals surface area (Å²) in [5.41, 5.74) is -0.449. The van der Waals surface area contributed by atoms with Crippen molar-refractivity contribution < 1.29 is 27.2 Å². The molecule has 0 radical (unpaired) electrons. The Morgan fingerprint density at radius 2 is 1.88 bits per heavy atom. The van der Waals surface area contributed by atoms with Crippen LogP contribution in [-0.2, 0) is 6.18 Å². The lowest BCUT2D eigenvalue weighted by atomic mass is 9.60. The van der Waals surface area contributed by atoms with E-state index in [0.717, 1.165) is 6.07 Å². The standard InChI is InChI=1S/C21H18F4N6O2/c22-13-3-12(21(23,24)25)4-14(5-13)28-19(33)29-15-6-20(7-15)10-30(11-20)18(32)16-8-27-31-2-1-26-9-17(16)31/h1-5,8-9,15H,6-7,10-11H2,(H2,28,29,33). The van der Waals surface area contributed by atoms with E-state index in [1.54, 1.807) is 28.0 Å². The number of rotatable bonds is 3. The molecule has 2 aliphatic rings. The fourth-order valence-corrected chi connectivity index (χ4v) is 4.60. The van der Waals surface area contributed by atoms with Crippen LogP contribution in [0.2, 0.25) is 0 Å². The molecule has 5 rings (SSSR count). The number of benzene rings is 1. The van der Waals surface area contributed by atoms with Crippen LogP contribution in [0.3, 0.4) is 0 Å². The summed E-state index contributed by atoms with van der Waals surface area (Å²) < 4.78 is 53.5. The van der Waals surface area contributed by atoms with Gasteiger partial charge in [-0.15, -0.1) is 0 Å². The summed E-state index contributed by atoms with van der Waals surface area (Å²) in [4.78, 5) is 30.7. The number of alkyl halides is 3. The van der Waals surface area contributed by atoms with Crippen molar-refractivity contribution in [1.29, 1.82) is 0 Å². The van der Waals surface area contributed by atoms with Gasteiger partial charge >= 0.3 is 12.2 Å². The lowest BCUT2D eigenvalue weighted by molar-refractivity contribution is -0.137. The third-order valence-corrected chi connectivity index (χ3v) is 6.07. The maximum atomic E-state index is 13.5. The molecule has 1 aromatic carbocycles. The molecule has 0 atom stereocenters. The molecule has 2 fully saturated rings. The number of carbonyl (C=O) groups excluding carboxylic acids is 2. The largest absolute Gasteiger partial charge is 0.416 e. The zero-order chi connectivity index (χ0) is 23.4. The fraction of sp³-hybridized carbons (Fsp3) is 0.333. The van der Waals surface area contributed by atoms with Crippen LogP contribution in [0, 0.1) is 11.2 Å². The van der Waals surface area contributed by atoms with Crippen molar-refractivity contribution in [3.8, 4) is 0 Å². The van der Waals surface area contributed by atoms with Gasteiger partial charge < -0.3 is 15.5 Å². The summed E-state index contributed by atoms with van der Waals surface area (Å²) >= 11 is 0. The molecule has 33 heavy (non-hydrogen) atoms. The zero-order valence-electron chi connectivity index (χ0n) is 17.1. The molecule has 0 unspecified atom stereocenters. The van der Waals surface area contributed by atoms with Gasteiger partial charge in [-0.05, 0) is 31.0 Å². The van der Waals surface area contributed by atoms with Gasteiger partial charge in [0.2, 0.25) is 0 Å². The maximum Gasteiger partial charge on any atom is 0.416 e. The van der Waals surface area contributed by atoms with Crippen LogP contribution < -0.4 is 10.6 Å². The molecule has 3 aromatic rings. The molecule has 1 saturated heterocycles. The number of aromatic nitrogens is 3. The van der Waals surface area contributed by atoms with Gasteiger partial charge in [-0.2, -0.15) is 18.3 Å². The van der Waals surface area contributed by atoms with E-state index in [1.165, 1.54) is 6.20 Å². The number of urea groups is 1. The van der Waals surface area contributed by atoms with Crippen LogP contribution in [0.15, 0.2) is 43.0 Å². The van der Waals surface area contributed by atoms with Crippen LogP contribution in [0.25, 0.3) is 5.52 Å². The van der Waals surface area contributed by atoms with E-state index in [9.17, 15) is 27.2 Å². The molecule has 3 heterocycles. The van der Waals surface area contributed by atoms with Crippen LogP contribution >= 0.6 is 0 Å². The van der Waals surface area contributed by atoms with E-state index < -0.39 is 23.6 Å². The monoisotopic (exact) mass is 462 g/mol. The molecule has 1 spiro atoms. The van der Waals surface area contributed by atoms with Gasteiger partial charge in [-0.1, -0.05) is 0 Å². The van der Waals surface area contributed by atoms with Gasteiger partial charge in [0.15, 0.2) is 0 Å². The van der Waals surface area contributed by atoms with Crippen molar-refractivity contribution in [1.82, 2.24) is 24.8 Å². The molecule has 3 amide bonds. The zero-order valence-corrected chi connectivity index (χ0v) is 17.1. The van der Waals surface area contributed by atoms with Crippen molar-refractivity contribution >= 4 is 23.1 Å². The van der Waals surface area contributed by atoms with Gasteiger partial charge in [-0.3, -0.25) is 9.78 Å². The molecule has 1 saturated carbocycles. The normalized spacial score (nSPS) is 17.5. The predicted octanol–water partition coefficient (Wildman–Crippen LogP) is 3.31.